The van der Waals surface area contributed by atoms with Gasteiger partial charge in [-0.15, -0.1) is 0 Å². The summed E-state index contributed by atoms with van der Waals surface area (Å²) in [6.45, 7) is 4.23. The molecule has 1 N–H and O–H groups in total. The fourth-order valence-corrected chi connectivity index (χ4v) is 3.55. The molecule has 1 aromatic carbocycles. The van der Waals surface area contributed by atoms with Crippen molar-refractivity contribution in [3.63, 3.8) is 0 Å². The number of halogens is 1. The third-order valence-corrected chi connectivity index (χ3v) is 5.59. The predicted molar refractivity (Wildman–Crippen MR) is 92.9 cm³/mol. The van der Waals surface area contributed by atoms with E-state index in [1.165, 1.54) is 0 Å². The van der Waals surface area contributed by atoms with Crippen molar-refractivity contribution in [3.8, 4) is 0 Å². The number of nitrogens with zero attached hydrogens (tertiary/aromatic N) is 1. The molecule has 0 aliphatic carbocycles. The number of rotatable bonds is 5. The molecule has 2 aromatic rings. The summed E-state index contributed by atoms with van der Waals surface area (Å²) in [4.78, 5) is 4.30. The fourth-order valence-electron chi connectivity index (χ4n) is 1.86. The summed E-state index contributed by atoms with van der Waals surface area (Å²) >= 11 is 2.05. The van der Waals surface area contributed by atoms with Crippen LogP contribution < -0.4 is 4.72 Å². The first-order valence-corrected chi connectivity index (χ1v) is 9.23. The summed E-state index contributed by atoms with van der Waals surface area (Å²) in [6, 6.07) is 10.6. The molecule has 0 aliphatic heterocycles. The van der Waals surface area contributed by atoms with E-state index in [1.807, 2.05) is 34.7 Å². The summed E-state index contributed by atoms with van der Waals surface area (Å²) in [6.07, 6.45) is 2.59. The Labute approximate surface area is 139 Å². The zero-order valence-corrected chi connectivity index (χ0v) is 14.8. The van der Waals surface area contributed by atoms with Gasteiger partial charge in [-0.25, -0.2) is 13.4 Å². The van der Waals surface area contributed by atoms with Crippen molar-refractivity contribution in [3.05, 3.63) is 51.7 Å². The maximum atomic E-state index is 12.4. The van der Waals surface area contributed by atoms with Crippen LogP contribution in [0.2, 0.25) is 0 Å². The van der Waals surface area contributed by atoms with E-state index in [2.05, 4.69) is 23.6 Å². The van der Waals surface area contributed by atoms with Gasteiger partial charge in [-0.2, -0.15) is 0 Å². The molecule has 0 unspecified atom stereocenters. The molecule has 0 bridgehead atoms. The topological polar surface area (TPSA) is 59.1 Å². The molecule has 0 fully saturated rings. The molecule has 1 aromatic heterocycles. The number of aromatic nitrogens is 1. The molecule has 0 saturated carbocycles. The fraction of sp³-hybridized carbons (Fsp3) is 0.267. The molecule has 1 heterocycles. The number of hydrogen-bond donors (Lipinski definition) is 1. The lowest BCUT2D eigenvalue weighted by Crippen LogP contribution is -2.14. The second-order valence-corrected chi connectivity index (χ2v) is 7.66. The zero-order valence-electron chi connectivity index (χ0n) is 11.9. The van der Waals surface area contributed by atoms with Crippen molar-refractivity contribution < 1.29 is 8.42 Å². The summed E-state index contributed by atoms with van der Waals surface area (Å²) in [5.41, 5.74) is 1.14. The molecule has 21 heavy (non-hydrogen) atoms. The molecule has 1 atom stereocenters. The van der Waals surface area contributed by atoms with E-state index in [4.69, 9.17) is 0 Å². The van der Waals surface area contributed by atoms with Crippen molar-refractivity contribution in [2.24, 2.45) is 0 Å². The molecule has 0 saturated heterocycles. The molecule has 112 valence electrons. The Balaban J connectivity index is 2.26. The number of hydrogen-bond acceptors (Lipinski definition) is 3. The Morgan fingerprint density at radius 1 is 1.24 bits per heavy atom. The normalized spacial score (nSPS) is 12.9. The zero-order chi connectivity index (χ0) is 15.5. The Morgan fingerprint density at radius 2 is 1.90 bits per heavy atom. The Hall–Kier alpha value is -1.15. The first kappa shape index (κ1) is 16.2. The van der Waals surface area contributed by atoms with Gasteiger partial charge in [-0.3, -0.25) is 4.72 Å². The molecule has 0 aliphatic rings. The number of anilines is 1. The van der Waals surface area contributed by atoms with E-state index in [0.717, 1.165) is 15.6 Å². The van der Waals surface area contributed by atoms with Crippen LogP contribution in [0.4, 0.5) is 5.82 Å². The van der Waals surface area contributed by atoms with Crippen LogP contribution in [0.15, 0.2) is 47.5 Å². The van der Waals surface area contributed by atoms with E-state index in [9.17, 15) is 8.42 Å². The lowest BCUT2D eigenvalue weighted by atomic mass is 9.99. The van der Waals surface area contributed by atoms with Gasteiger partial charge in [0, 0.05) is 6.20 Å². The summed E-state index contributed by atoms with van der Waals surface area (Å²) in [7, 11) is -3.60. The number of sulfonamides is 1. The van der Waals surface area contributed by atoms with Gasteiger partial charge >= 0.3 is 0 Å². The smallest absolute Gasteiger partial charge is 0.262 e. The first-order chi connectivity index (χ1) is 9.94. The lowest BCUT2D eigenvalue weighted by molar-refractivity contribution is 0.601. The third-order valence-electron chi connectivity index (χ3n) is 3.36. The summed E-state index contributed by atoms with van der Waals surface area (Å²) in [5, 5.41) is 0. The Morgan fingerprint density at radius 3 is 2.48 bits per heavy atom. The van der Waals surface area contributed by atoms with Crippen LogP contribution in [0.1, 0.15) is 31.7 Å². The quantitative estimate of drug-likeness (QED) is 0.750. The van der Waals surface area contributed by atoms with E-state index in [-0.39, 0.29) is 4.90 Å². The molecule has 0 spiro atoms. The van der Waals surface area contributed by atoms with Gasteiger partial charge in [0.05, 0.1) is 8.47 Å². The van der Waals surface area contributed by atoms with Gasteiger partial charge in [-0.05, 0) is 64.8 Å². The number of nitrogens with one attached hydrogen (secondary N) is 1. The monoisotopic (exact) mass is 416 g/mol. The molecule has 6 heteroatoms. The van der Waals surface area contributed by atoms with E-state index >= 15 is 0 Å². The predicted octanol–water partition coefficient (Wildman–Crippen LogP) is 4.00. The highest BCUT2D eigenvalue weighted by Gasteiger charge is 2.16. The Kier molecular flexibility index (Phi) is 5.21. The Bertz CT molecular complexity index is 715. The van der Waals surface area contributed by atoms with Crippen LogP contribution in [0.25, 0.3) is 0 Å². The molecule has 0 amide bonds. The van der Waals surface area contributed by atoms with E-state index in [1.54, 1.807) is 30.5 Å². The molecule has 4 nitrogen and oxygen atoms in total. The highest BCUT2D eigenvalue weighted by molar-refractivity contribution is 14.1. The lowest BCUT2D eigenvalue weighted by Gasteiger charge is -2.11. The summed E-state index contributed by atoms with van der Waals surface area (Å²) in [5.74, 6) is 0.774. The van der Waals surface area contributed by atoms with Crippen LogP contribution in [-0.2, 0) is 10.0 Å². The molecule has 0 radical (unpaired) electrons. The molecule has 2 rings (SSSR count). The van der Waals surface area contributed by atoms with Gasteiger partial charge in [-0.1, -0.05) is 26.0 Å². The van der Waals surface area contributed by atoms with Gasteiger partial charge in [0.1, 0.15) is 0 Å². The van der Waals surface area contributed by atoms with Crippen LogP contribution in [0, 0.1) is 3.57 Å². The van der Waals surface area contributed by atoms with Crippen LogP contribution in [-0.4, -0.2) is 13.4 Å². The van der Waals surface area contributed by atoms with Gasteiger partial charge in [0.25, 0.3) is 10.0 Å². The average molecular weight is 416 g/mol. The first-order valence-electron chi connectivity index (χ1n) is 6.67. The molecular formula is C15H17IN2O2S. The third kappa shape index (κ3) is 3.94. The average Bonchev–Trinajstić information content (AvgIpc) is 2.49. The van der Waals surface area contributed by atoms with Crippen molar-refractivity contribution in [1.82, 2.24) is 4.98 Å². The maximum Gasteiger partial charge on any atom is 0.263 e. The second kappa shape index (κ2) is 6.74. The summed E-state index contributed by atoms with van der Waals surface area (Å²) < 4.78 is 28.0. The van der Waals surface area contributed by atoms with Crippen LogP contribution in [0.5, 0.6) is 0 Å². The minimum atomic E-state index is -3.60. The van der Waals surface area contributed by atoms with E-state index < -0.39 is 10.0 Å². The number of benzene rings is 1. The standard InChI is InChI=1S/C15H17IN2O2S/c1-3-11(2)12-6-8-13(9-7-12)21(19,20)18-15-14(16)5-4-10-17-15/h4-11H,3H2,1-2H3,(H,17,18)/t11-/m1/s1. The number of pyridine rings is 1. The minimum Gasteiger partial charge on any atom is -0.262 e. The SMILES string of the molecule is CC[C@@H](C)c1ccc(S(=O)(=O)Nc2ncccc2I)cc1. The highest BCUT2D eigenvalue weighted by atomic mass is 127. The van der Waals surface area contributed by atoms with Crippen LogP contribution >= 0.6 is 22.6 Å². The van der Waals surface area contributed by atoms with Crippen molar-refractivity contribution in [1.29, 1.82) is 0 Å². The van der Waals surface area contributed by atoms with Gasteiger partial charge < -0.3 is 0 Å². The minimum absolute atomic E-state index is 0.246. The van der Waals surface area contributed by atoms with E-state index in [0.29, 0.717) is 11.7 Å². The van der Waals surface area contributed by atoms with Crippen molar-refractivity contribution >= 4 is 38.4 Å². The molecular weight excluding hydrogens is 399 g/mol. The maximum absolute atomic E-state index is 12.4. The van der Waals surface area contributed by atoms with Crippen LogP contribution in [0.3, 0.4) is 0 Å². The van der Waals surface area contributed by atoms with Gasteiger partial charge in [0.2, 0.25) is 0 Å². The van der Waals surface area contributed by atoms with Crippen molar-refractivity contribution in [2.45, 2.75) is 31.1 Å². The second-order valence-electron chi connectivity index (χ2n) is 4.82. The largest absolute Gasteiger partial charge is 0.263 e. The van der Waals surface area contributed by atoms with Crippen molar-refractivity contribution in [2.75, 3.05) is 4.72 Å². The van der Waals surface area contributed by atoms with Gasteiger partial charge in [0.15, 0.2) is 5.82 Å². The highest BCUT2D eigenvalue weighted by Crippen LogP contribution is 2.22.